The lowest BCUT2D eigenvalue weighted by atomic mass is 9.96. The molecule has 2 aromatic heterocycles. The molecule has 0 amide bonds. The highest BCUT2D eigenvalue weighted by atomic mass is 35.5. The van der Waals surface area contributed by atoms with Crippen LogP contribution in [0.2, 0.25) is 10.0 Å². The Morgan fingerprint density at radius 3 is 2.48 bits per heavy atom. The Labute approximate surface area is 267 Å². The van der Waals surface area contributed by atoms with Gasteiger partial charge in [0.15, 0.2) is 15.6 Å². The van der Waals surface area contributed by atoms with Crippen molar-refractivity contribution in [1.82, 2.24) is 10.1 Å². The van der Waals surface area contributed by atoms with Crippen LogP contribution in [0.3, 0.4) is 0 Å². The average Bonchev–Trinajstić information content (AvgIpc) is 3.52. The third-order valence-electron chi connectivity index (χ3n) is 9.73. The summed E-state index contributed by atoms with van der Waals surface area (Å²) in [5, 5.41) is 4.92. The second-order valence-corrected chi connectivity index (χ2v) is 15.6. The zero-order valence-electron chi connectivity index (χ0n) is 24.5. The van der Waals surface area contributed by atoms with Crippen molar-refractivity contribution in [2.45, 2.75) is 81.4 Å². The van der Waals surface area contributed by atoms with E-state index >= 15 is 0 Å². The van der Waals surface area contributed by atoms with E-state index < -0.39 is 26.6 Å². The second kappa shape index (κ2) is 12.0. The molecule has 2 aliphatic heterocycles. The van der Waals surface area contributed by atoms with Gasteiger partial charge in [0.25, 0.3) is 0 Å². The van der Waals surface area contributed by atoms with Gasteiger partial charge in [0.1, 0.15) is 22.9 Å². The molecule has 4 atom stereocenters. The van der Waals surface area contributed by atoms with Gasteiger partial charge in [-0.05, 0) is 69.7 Å². The van der Waals surface area contributed by atoms with Crippen molar-refractivity contribution < 1.29 is 27.2 Å². The summed E-state index contributed by atoms with van der Waals surface area (Å²) < 4.78 is 43.2. The number of aromatic nitrogens is 2. The lowest BCUT2D eigenvalue weighted by Gasteiger charge is -2.38. The van der Waals surface area contributed by atoms with Crippen LogP contribution >= 0.6 is 23.2 Å². The number of rotatable bonds is 10. The van der Waals surface area contributed by atoms with Crippen molar-refractivity contribution in [1.29, 1.82) is 0 Å². The molecule has 2 saturated carbocycles. The van der Waals surface area contributed by atoms with Gasteiger partial charge < -0.3 is 18.9 Å². The van der Waals surface area contributed by atoms with Gasteiger partial charge in [0.2, 0.25) is 0 Å². The molecule has 2 aliphatic carbocycles. The van der Waals surface area contributed by atoms with Crippen LogP contribution in [0, 0.1) is 5.92 Å². The van der Waals surface area contributed by atoms with Gasteiger partial charge in [0.05, 0.1) is 39.9 Å². The van der Waals surface area contributed by atoms with E-state index in [4.69, 9.17) is 37.2 Å². The fraction of sp³-hybridized carbons (Fsp3) is 0.531. The first-order valence-corrected chi connectivity index (χ1v) is 17.8. The van der Waals surface area contributed by atoms with Gasteiger partial charge in [0, 0.05) is 48.3 Å². The minimum absolute atomic E-state index is 0.0759. The number of nitrogens with zero attached hydrogens (tertiary/aromatic N) is 3. The number of pyridine rings is 1. The fourth-order valence-corrected chi connectivity index (χ4v) is 9.50. The van der Waals surface area contributed by atoms with Crippen LogP contribution in [0.15, 0.2) is 41.1 Å². The number of anilines is 1. The van der Waals surface area contributed by atoms with E-state index in [9.17, 15) is 13.2 Å². The highest BCUT2D eigenvalue weighted by Gasteiger charge is 2.50. The highest BCUT2D eigenvalue weighted by Crippen LogP contribution is 2.49. The van der Waals surface area contributed by atoms with Gasteiger partial charge in [-0.15, -0.1) is 0 Å². The predicted molar refractivity (Wildman–Crippen MR) is 167 cm³/mol. The van der Waals surface area contributed by atoms with Crippen LogP contribution in [-0.2, 0) is 25.9 Å². The third-order valence-corrected chi connectivity index (χ3v) is 12.5. The third kappa shape index (κ3) is 5.68. The molecule has 12 heteroatoms. The normalized spacial score (nSPS) is 25.6. The molecule has 2 saturated heterocycles. The van der Waals surface area contributed by atoms with E-state index in [0.29, 0.717) is 65.8 Å². The molecule has 4 fully saturated rings. The van der Waals surface area contributed by atoms with Crippen molar-refractivity contribution in [3.63, 3.8) is 0 Å². The summed E-state index contributed by atoms with van der Waals surface area (Å²) in [5.74, 6) is 0.559. The Morgan fingerprint density at radius 2 is 1.82 bits per heavy atom. The number of Topliss-reactive ketones (excluding diaryl/α,β-unsaturated/α-hetero) is 1. The standard InChI is InChI=1S/C32H35Cl2N3O6S/c1-18-23-13-21(37(18)20-7-8-27(35-15-20)28(38)17-44(39,40)22-9-11-41-12-10-22)14-29(23)42-16-24-31(36-43-32(24)19-5-6-19)30-25(33)3-2-4-26(30)34/h2-4,7-8,15,18-19,21-23,29H,5-6,9-14,16-17H2,1H3/t18-,21+,23+,29-/m0/s1. The Morgan fingerprint density at radius 1 is 1.07 bits per heavy atom. The summed E-state index contributed by atoms with van der Waals surface area (Å²) in [6.07, 6.45) is 6.64. The van der Waals surface area contributed by atoms with Crippen molar-refractivity contribution >= 4 is 44.5 Å². The van der Waals surface area contributed by atoms with E-state index in [2.05, 4.69) is 22.0 Å². The Hall–Kier alpha value is -2.50. The summed E-state index contributed by atoms with van der Waals surface area (Å²) in [4.78, 5) is 19.6. The van der Waals surface area contributed by atoms with E-state index in [0.717, 1.165) is 42.7 Å². The van der Waals surface area contributed by atoms with Gasteiger partial charge >= 0.3 is 0 Å². The molecule has 9 nitrogen and oxygen atoms in total. The molecule has 0 N–H and O–H groups in total. The molecule has 44 heavy (non-hydrogen) atoms. The summed E-state index contributed by atoms with van der Waals surface area (Å²) in [6, 6.07) is 9.44. The Kier molecular flexibility index (Phi) is 8.24. The molecular weight excluding hydrogens is 625 g/mol. The SMILES string of the molecule is C[C@H]1[C@H]2C[C@H](C[C@@H]2OCc2c(-c3c(Cl)cccc3Cl)noc2C2CC2)N1c1ccc(C(=O)CS(=O)(=O)C2CCOCC2)nc1. The number of ketones is 1. The van der Waals surface area contributed by atoms with Crippen LogP contribution in [0.1, 0.15) is 73.2 Å². The largest absolute Gasteiger partial charge is 0.381 e. The lowest BCUT2D eigenvalue weighted by molar-refractivity contribution is 0.00367. The first-order chi connectivity index (χ1) is 21.2. The number of hydrogen-bond donors (Lipinski definition) is 0. The zero-order valence-corrected chi connectivity index (χ0v) is 26.8. The molecule has 1 aromatic carbocycles. The first kappa shape index (κ1) is 30.2. The van der Waals surface area contributed by atoms with Crippen LogP contribution in [0.4, 0.5) is 5.69 Å². The number of hydrogen-bond acceptors (Lipinski definition) is 9. The monoisotopic (exact) mass is 659 g/mol. The number of ether oxygens (including phenoxy) is 2. The molecule has 0 unspecified atom stereocenters. The minimum atomic E-state index is -3.54. The van der Waals surface area contributed by atoms with E-state index in [-0.39, 0.29) is 23.9 Å². The maximum Gasteiger partial charge on any atom is 0.196 e. The van der Waals surface area contributed by atoms with Crippen molar-refractivity contribution in [3.05, 3.63) is 63.6 Å². The maximum absolute atomic E-state index is 12.8. The molecule has 0 radical (unpaired) electrons. The fourth-order valence-electron chi connectivity index (χ4n) is 7.27. The lowest BCUT2D eigenvalue weighted by Crippen LogP contribution is -2.45. The number of carbonyl (C=O) groups is 1. The van der Waals surface area contributed by atoms with Gasteiger partial charge in [-0.25, -0.2) is 8.42 Å². The first-order valence-electron chi connectivity index (χ1n) is 15.3. The van der Waals surface area contributed by atoms with E-state index in [1.807, 2.05) is 12.1 Å². The summed E-state index contributed by atoms with van der Waals surface area (Å²) in [6.45, 7) is 3.40. The molecule has 4 heterocycles. The predicted octanol–water partition coefficient (Wildman–Crippen LogP) is 6.27. The summed E-state index contributed by atoms with van der Waals surface area (Å²) in [5.41, 5.74) is 3.36. The maximum atomic E-state index is 12.8. The average molecular weight is 661 g/mol. The Bertz CT molecular complexity index is 1630. The number of benzene rings is 1. The summed E-state index contributed by atoms with van der Waals surface area (Å²) >= 11 is 13.1. The van der Waals surface area contributed by atoms with Crippen LogP contribution in [0.5, 0.6) is 0 Å². The number of piperidine rings is 1. The molecule has 4 aliphatic rings. The smallest absolute Gasteiger partial charge is 0.196 e. The molecular formula is C32H35Cl2N3O6S. The Balaban J connectivity index is 1.01. The topological polar surface area (TPSA) is 112 Å². The summed E-state index contributed by atoms with van der Waals surface area (Å²) in [7, 11) is -3.54. The number of sulfone groups is 1. The number of halogens is 2. The van der Waals surface area contributed by atoms with Crippen molar-refractivity contribution in [2.24, 2.45) is 5.92 Å². The second-order valence-electron chi connectivity index (χ2n) is 12.5. The van der Waals surface area contributed by atoms with Gasteiger partial charge in [-0.2, -0.15) is 0 Å². The van der Waals surface area contributed by atoms with Crippen molar-refractivity contribution in [3.8, 4) is 11.3 Å². The van der Waals surface area contributed by atoms with Gasteiger partial charge in [-0.1, -0.05) is 34.4 Å². The minimum Gasteiger partial charge on any atom is -0.381 e. The highest BCUT2D eigenvalue weighted by molar-refractivity contribution is 7.92. The number of carbonyl (C=O) groups excluding carboxylic acids is 1. The van der Waals surface area contributed by atoms with Crippen LogP contribution in [0.25, 0.3) is 11.3 Å². The molecule has 3 aromatic rings. The van der Waals surface area contributed by atoms with E-state index in [1.54, 1.807) is 24.4 Å². The molecule has 2 bridgehead atoms. The molecule has 234 valence electrons. The quantitative estimate of drug-likeness (QED) is 0.232. The van der Waals surface area contributed by atoms with Crippen molar-refractivity contribution in [2.75, 3.05) is 23.9 Å². The van der Waals surface area contributed by atoms with Crippen LogP contribution < -0.4 is 4.90 Å². The van der Waals surface area contributed by atoms with Gasteiger partial charge in [-0.3, -0.25) is 9.78 Å². The zero-order chi connectivity index (χ0) is 30.6. The number of fused-ring (bicyclic) bond motifs is 2. The molecule has 0 spiro atoms. The van der Waals surface area contributed by atoms with Crippen LogP contribution in [-0.4, -0.2) is 66.7 Å². The van der Waals surface area contributed by atoms with E-state index in [1.165, 1.54) is 0 Å². The molecule has 7 rings (SSSR count).